The molecule has 0 spiro atoms. The minimum Gasteiger partial charge on any atom is -0.364 e. The Morgan fingerprint density at radius 3 is 2.30 bits per heavy atom. The summed E-state index contributed by atoms with van der Waals surface area (Å²) in [6, 6.07) is 0.329. The molecular weight excluding hydrogens is 276 g/mol. The average molecular weight is 307 g/mol. The van der Waals surface area contributed by atoms with Gasteiger partial charge in [0.05, 0.1) is 6.10 Å². The van der Waals surface area contributed by atoms with Crippen molar-refractivity contribution in [1.82, 2.24) is 4.90 Å². The second-order valence-corrected chi connectivity index (χ2v) is 5.91. The molecule has 2 atom stereocenters. The van der Waals surface area contributed by atoms with Gasteiger partial charge in [-0.2, -0.15) is 0 Å². The van der Waals surface area contributed by atoms with E-state index in [1.54, 1.807) is 0 Å². The molecule has 0 unspecified atom stereocenters. The van der Waals surface area contributed by atoms with Gasteiger partial charge in [-0.15, -0.1) is 12.4 Å². The lowest BCUT2D eigenvalue weighted by molar-refractivity contribution is -0.146. The van der Waals surface area contributed by atoms with Crippen LogP contribution in [0.3, 0.4) is 0 Å². The number of ether oxygens (including phenoxy) is 1. The third-order valence-corrected chi connectivity index (χ3v) is 3.87. The van der Waals surface area contributed by atoms with Crippen molar-refractivity contribution in [3.63, 3.8) is 0 Å². The van der Waals surface area contributed by atoms with E-state index < -0.39 is 0 Å². The summed E-state index contributed by atoms with van der Waals surface area (Å²) in [6.45, 7) is 9.93. The third kappa shape index (κ3) is 5.23. The molecule has 0 aliphatic carbocycles. The van der Waals surface area contributed by atoms with Crippen LogP contribution in [0.4, 0.5) is 0 Å². The largest absolute Gasteiger partial charge is 0.364 e. The van der Waals surface area contributed by atoms with E-state index in [1.807, 2.05) is 4.90 Å². The molecule has 0 aromatic rings. The predicted octanol–water partition coefficient (Wildman–Crippen LogP) is 2.59. The lowest BCUT2D eigenvalue weighted by Gasteiger charge is -2.34. The van der Waals surface area contributed by atoms with Crippen molar-refractivity contribution in [1.29, 1.82) is 0 Å². The van der Waals surface area contributed by atoms with Gasteiger partial charge >= 0.3 is 0 Å². The maximum atomic E-state index is 12.7. The predicted molar refractivity (Wildman–Crippen MR) is 85.1 cm³/mol. The van der Waals surface area contributed by atoms with Gasteiger partial charge in [0, 0.05) is 19.1 Å². The normalized spacial score (nSPS) is 22.1. The van der Waals surface area contributed by atoms with Crippen LogP contribution in [-0.4, -0.2) is 42.1 Å². The first-order chi connectivity index (χ1) is 9.03. The summed E-state index contributed by atoms with van der Waals surface area (Å²) in [7, 11) is 0. The van der Waals surface area contributed by atoms with Gasteiger partial charge in [0.1, 0.15) is 6.10 Å². The Labute approximate surface area is 129 Å². The molecule has 5 heteroatoms. The second kappa shape index (κ2) is 9.59. The van der Waals surface area contributed by atoms with Crippen LogP contribution in [0.1, 0.15) is 53.4 Å². The van der Waals surface area contributed by atoms with Crippen LogP contribution in [0.2, 0.25) is 0 Å². The van der Waals surface area contributed by atoms with Gasteiger partial charge in [0.2, 0.25) is 0 Å². The van der Waals surface area contributed by atoms with Gasteiger partial charge in [-0.25, -0.2) is 0 Å². The van der Waals surface area contributed by atoms with E-state index in [4.69, 9.17) is 10.5 Å². The number of carbonyl (C=O) groups excluding carboxylic acids is 1. The molecule has 2 N–H and O–H groups in total. The zero-order chi connectivity index (χ0) is 14.4. The van der Waals surface area contributed by atoms with Crippen LogP contribution in [-0.2, 0) is 9.53 Å². The average Bonchev–Trinajstić information content (AvgIpc) is 2.86. The molecule has 1 fully saturated rings. The monoisotopic (exact) mass is 306 g/mol. The summed E-state index contributed by atoms with van der Waals surface area (Å²) in [5.74, 6) is 0.648. The highest BCUT2D eigenvalue weighted by Crippen LogP contribution is 2.23. The van der Waals surface area contributed by atoms with Crippen LogP contribution in [0.5, 0.6) is 0 Å². The number of nitrogens with two attached hydrogens (primary N) is 1. The maximum absolute atomic E-state index is 12.7. The highest BCUT2D eigenvalue weighted by molar-refractivity contribution is 5.85. The Balaban J connectivity index is 0.00000361. The maximum Gasteiger partial charge on any atom is 0.251 e. The molecule has 1 aliphatic heterocycles. The van der Waals surface area contributed by atoms with Crippen molar-refractivity contribution < 1.29 is 9.53 Å². The molecule has 1 aliphatic rings. The Hall–Kier alpha value is -0.320. The summed E-state index contributed by atoms with van der Waals surface area (Å²) in [6.07, 6.45) is 3.52. The summed E-state index contributed by atoms with van der Waals surface area (Å²) in [5, 5.41) is 0. The first-order valence-electron chi connectivity index (χ1n) is 7.69. The summed E-state index contributed by atoms with van der Waals surface area (Å²) < 4.78 is 5.76. The van der Waals surface area contributed by atoms with Crippen LogP contribution in [0, 0.1) is 5.92 Å². The first kappa shape index (κ1) is 19.7. The molecule has 0 aromatic heterocycles. The van der Waals surface area contributed by atoms with E-state index in [0.717, 1.165) is 32.2 Å². The van der Waals surface area contributed by atoms with Crippen LogP contribution < -0.4 is 5.73 Å². The Bertz CT molecular complexity index is 283. The zero-order valence-electron chi connectivity index (χ0n) is 13.3. The molecule has 1 heterocycles. The first-order valence-corrected chi connectivity index (χ1v) is 7.69. The van der Waals surface area contributed by atoms with Gasteiger partial charge in [0.15, 0.2) is 0 Å². The van der Waals surface area contributed by atoms with Crippen molar-refractivity contribution in [2.24, 2.45) is 11.7 Å². The summed E-state index contributed by atoms with van der Waals surface area (Å²) >= 11 is 0. The Morgan fingerprint density at radius 2 is 1.90 bits per heavy atom. The number of amides is 1. The summed E-state index contributed by atoms with van der Waals surface area (Å²) in [4.78, 5) is 14.7. The van der Waals surface area contributed by atoms with Crippen molar-refractivity contribution in [2.75, 3.05) is 13.1 Å². The fourth-order valence-corrected chi connectivity index (χ4v) is 2.79. The van der Waals surface area contributed by atoms with E-state index in [-0.39, 0.29) is 30.5 Å². The number of hydrogen-bond donors (Lipinski definition) is 1. The van der Waals surface area contributed by atoms with E-state index >= 15 is 0 Å². The van der Waals surface area contributed by atoms with E-state index in [0.29, 0.717) is 18.5 Å². The highest BCUT2D eigenvalue weighted by Gasteiger charge is 2.34. The van der Waals surface area contributed by atoms with Gasteiger partial charge in [0.25, 0.3) is 5.91 Å². The molecule has 0 aromatic carbocycles. The fraction of sp³-hybridized carbons (Fsp3) is 0.933. The van der Waals surface area contributed by atoms with Crippen LogP contribution in [0.25, 0.3) is 0 Å². The molecule has 1 amide bonds. The van der Waals surface area contributed by atoms with Gasteiger partial charge in [-0.1, -0.05) is 27.7 Å². The zero-order valence-corrected chi connectivity index (χ0v) is 14.1. The Morgan fingerprint density at radius 1 is 1.30 bits per heavy atom. The van der Waals surface area contributed by atoms with E-state index in [1.165, 1.54) is 0 Å². The molecule has 20 heavy (non-hydrogen) atoms. The number of hydrogen-bond acceptors (Lipinski definition) is 3. The van der Waals surface area contributed by atoms with Crippen molar-refractivity contribution in [3.05, 3.63) is 0 Å². The fourth-order valence-electron chi connectivity index (χ4n) is 2.79. The number of nitrogens with zero attached hydrogens (tertiary/aromatic N) is 1. The van der Waals surface area contributed by atoms with Crippen molar-refractivity contribution >= 4 is 18.3 Å². The second-order valence-electron chi connectivity index (χ2n) is 5.91. The van der Waals surface area contributed by atoms with Crippen molar-refractivity contribution in [2.45, 2.75) is 71.6 Å². The van der Waals surface area contributed by atoms with Gasteiger partial charge in [-0.05, 0) is 31.6 Å². The molecule has 120 valence electrons. The SMILES string of the molecule is CCC(CC)N(CC(C)C)C(=O)[C@@H]1CC[C@H](CN)O1.Cl. The molecule has 0 radical (unpaired) electrons. The quantitative estimate of drug-likeness (QED) is 0.786. The molecule has 0 saturated carbocycles. The lowest BCUT2D eigenvalue weighted by atomic mass is 10.1. The third-order valence-electron chi connectivity index (χ3n) is 3.87. The molecule has 0 bridgehead atoms. The molecule has 4 nitrogen and oxygen atoms in total. The minimum atomic E-state index is -0.270. The lowest BCUT2D eigenvalue weighted by Crippen LogP contribution is -2.47. The molecule has 1 rings (SSSR count). The van der Waals surface area contributed by atoms with Gasteiger partial charge in [-0.3, -0.25) is 4.79 Å². The van der Waals surface area contributed by atoms with Crippen molar-refractivity contribution in [3.8, 4) is 0 Å². The van der Waals surface area contributed by atoms with Crippen LogP contribution >= 0.6 is 12.4 Å². The number of halogens is 1. The van der Waals surface area contributed by atoms with E-state index in [2.05, 4.69) is 27.7 Å². The minimum absolute atomic E-state index is 0. The number of rotatable bonds is 7. The number of carbonyl (C=O) groups is 1. The Kier molecular flexibility index (Phi) is 9.43. The standard InChI is InChI=1S/C15H30N2O2.ClH/c1-5-12(6-2)17(10-11(3)4)15(18)14-8-7-13(9-16)19-14;/h11-14H,5-10,16H2,1-4H3;1H/t13-,14+;/m1./s1. The highest BCUT2D eigenvalue weighted by atomic mass is 35.5. The van der Waals surface area contributed by atoms with Crippen LogP contribution in [0.15, 0.2) is 0 Å². The van der Waals surface area contributed by atoms with Gasteiger partial charge < -0.3 is 15.4 Å². The van der Waals surface area contributed by atoms with E-state index in [9.17, 15) is 4.79 Å². The smallest absolute Gasteiger partial charge is 0.251 e. The summed E-state index contributed by atoms with van der Waals surface area (Å²) in [5.41, 5.74) is 5.62. The molecule has 1 saturated heterocycles. The topological polar surface area (TPSA) is 55.6 Å². The molecular formula is C15H31ClN2O2.